The number of methoxy groups -OCH3 is 1. The third-order valence-electron chi connectivity index (χ3n) is 5.98. The van der Waals surface area contributed by atoms with E-state index < -0.39 is 31.0 Å². The van der Waals surface area contributed by atoms with Crippen molar-refractivity contribution in [3.63, 3.8) is 0 Å². The van der Waals surface area contributed by atoms with Crippen molar-refractivity contribution in [2.75, 3.05) is 33.3 Å². The van der Waals surface area contributed by atoms with Gasteiger partial charge in [0.2, 0.25) is 21.2 Å². The molecule has 0 radical (unpaired) electrons. The minimum Gasteiger partial charge on any atom is -0.497 e. The molecule has 1 aromatic heterocycles. The fourth-order valence-corrected chi connectivity index (χ4v) is 7.07. The summed E-state index contributed by atoms with van der Waals surface area (Å²) in [6, 6.07) is 9.49. The van der Waals surface area contributed by atoms with Gasteiger partial charge in [0.25, 0.3) is 0 Å². The zero-order valence-corrected chi connectivity index (χ0v) is 24.2. The van der Waals surface area contributed by atoms with Crippen molar-refractivity contribution in [3.05, 3.63) is 84.8 Å². The Morgan fingerprint density at radius 3 is 2.61 bits per heavy atom. The van der Waals surface area contributed by atoms with E-state index in [4.69, 9.17) is 13.9 Å². The zero-order chi connectivity index (χ0) is 27.4. The average Bonchev–Trinajstić information content (AvgIpc) is 3.13. The molecule has 0 amide bonds. The average molecular weight is 678 g/mol. The van der Waals surface area contributed by atoms with Crippen LogP contribution >= 0.6 is 31.9 Å². The molecule has 1 aliphatic heterocycles. The van der Waals surface area contributed by atoms with Gasteiger partial charge in [-0.05, 0) is 68.6 Å². The Kier molecular flexibility index (Phi) is 9.24. The quantitative estimate of drug-likeness (QED) is 0.313. The van der Waals surface area contributed by atoms with Crippen LogP contribution < -0.4 is 14.9 Å². The minimum atomic E-state index is -4.32. The van der Waals surface area contributed by atoms with E-state index in [0.29, 0.717) is 31.0 Å². The Labute approximate surface area is 235 Å². The lowest BCUT2D eigenvalue weighted by Gasteiger charge is -2.22. The molecule has 4 rings (SSSR count). The van der Waals surface area contributed by atoms with Crippen LogP contribution in [0.3, 0.4) is 0 Å². The number of hydrogen-bond donors (Lipinski definition) is 0. The van der Waals surface area contributed by atoms with E-state index in [2.05, 4.69) is 31.9 Å². The molecule has 2 aromatic carbocycles. The molecule has 1 saturated heterocycles. The third kappa shape index (κ3) is 6.45. The molecule has 0 N–H and O–H groups in total. The van der Waals surface area contributed by atoms with Crippen LogP contribution in [0.2, 0.25) is 0 Å². The summed E-state index contributed by atoms with van der Waals surface area (Å²) in [5.41, 5.74) is 0.486. The molecule has 0 atom stereocenters. The van der Waals surface area contributed by atoms with Crippen LogP contribution in [-0.2, 0) is 23.2 Å². The number of sulfonamides is 1. The number of rotatable bonds is 8. The molecule has 0 bridgehead atoms. The second-order valence-corrected chi connectivity index (χ2v) is 12.1. The normalized spacial score (nSPS) is 15.3. The molecule has 0 spiro atoms. The van der Waals surface area contributed by atoms with E-state index in [9.17, 15) is 22.0 Å². The van der Waals surface area contributed by atoms with Crippen LogP contribution in [0, 0.1) is 11.6 Å². The zero-order valence-electron chi connectivity index (χ0n) is 20.3. The van der Waals surface area contributed by atoms with Crippen molar-refractivity contribution in [1.82, 2.24) is 9.21 Å². The van der Waals surface area contributed by atoms with Crippen molar-refractivity contribution in [2.24, 2.45) is 0 Å². The van der Waals surface area contributed by atoms with Crippen molar-refractivity contribution >= 4 is 41.9 Å². The fourth-order valence-electron chi connectivity index (χ4n) is 4.02. The summed E-state index contributed by atoms with van der Waals surface area (Å²) in [5, 5.41) is 0. The Balaban J connectivity index is 1.40. The Bertz CT molecular complexity index is 1460. The van der Waals surface area contributed by atoms with E-state index in [1.807, 2.05) is 23.1 Å². The summed E-state index contributed by atoms with van der Waals surface area (Å²) in [5.74, 6) is -0.811. The first kappa shape index (κ1) is 28.7. The van der Waals surface area contributed by atoms with Gasteiger partial charge in [-0.15, -0.1) is 0 Å². The van der Waals surface area contributed by atoms with Gasteiger partial charge in [-0.25, -0.2) is 17.2 Å². The molecule has 13 heteroatoms. The predicted molar refractivity (Wildman–Crippen MR) is 143 cm³/mol. The molecular weight excluding hydrogens is 654 g/mol. The first-order chi connectivity index (χ1) is 18.1. The first-order valence-electron chi connectivity index (χ1n) is 11.5. The number of nitrogens with zero attached hydrogens (tertiary/aromatic N) is 2. The lowest BCUT2D eigenvalue weighted by Crippen LogP contribution is -2.36. The number of halogens is 4. The molecule has 1 aliphatic rings. The topological polar surface area (TPSA) is 89.3 Å². The molecular formula is C25H24Br2F2N2O6S. The van der Waals surface area contributed by atoms with E-state index >= 15 is 0 Å². The molecule has 3 aromatic rings. The van der Waals surface area contributed by atoms with Gasteiger partial charge in [-0.3, -0.25) is 9.69 Å². The third-order valence-corrected chi connectivity index (χ3v) is 9.54. The second-order valence-electron chi connectivity index (χ2n) is 8.55. The van der Waals surface area contributed by atoms with E-state index in [1.54, 1.807) is 13.2 Å². The highest BCUT2D eigenvalue weighted by Gasteiger charge is 2.33. The Morgan fingerprint density at radius 1 is 1.08 bits per heavy atom. The van der Waals surface area contributed by atoms with Gasteiger partial charge < -0.3 is 13.9 Å². The number of hydrogen-bond acceptors (Lipinski definition) is 7. The lowest BCUT2D eigenvalue weighted by atomic mass is 10.2. The van der Waals surface area contributed by atoms with Crippen LogP contribution in [-0.4, -0.2) is 50.9 Å². The SMILES string of the molecule is COc1cccc(COc2coc(CN3CCCN(S(=O)(=O)c4c(F)c(Br)cc(F)c4Br)CC3)cc2=O)c1. The van der Waals surface area contributed by atoms with Crippen LogP contribution in [0.4, 0.5) is 8.78 Å². The molecule has 0 unspecified atom stereocenters. The van der Waals surface area contributed by atoms with Crippen molar-refractivity contribution < 1.29 is 31.1 Å². The molecule has 38 heavy (non-hydrogen) atoms. The molecule has 0 saturated carbocycles. The summed E-state index contributed by atoms with van der Waals surface area (Å²) in [6.07, 6.45) is 1.70. The fraction of sp³-hybridized carbons (Fsp3) is 0.320. The standard InChI is InChI=1S/C25H24Br2F2N2O6S/c1-35-17-5-2-4-16(10-17)14-37-22-15-36-18(11-21(22)32)13-30-6-3-7-31(9-8-30)38(33,34)25-23(27)20(28)12-19(26)24(25)29/h2,4-5,10-12,15H,3,6-9,13-14H2,1H3. The smallest absolute Gasteiger partial charge is 0.247 e. The summed E-state index contributed by atoms with van der Waals surface area (Å²) in [4.78, 5) is 13.7. The highest BCUT2D eigenvalue weighted by Crippen LogP contribution is 2.34. The maximum Gasteiger partial charge on any atom is 0.247 e. The summed E-state index contributed by atoms with van der Waals surface area (Å²) in [7, 11) is -2.75. The molecule has 0 aliphatic carbocycles. The van der Waals surface area contributed by atoms with Crippen LogP contribution in [0.15, 0.2) is 65.7 Å². The Morgan fingerprint density at radius 2 is 1.87 bits per heavy atom. The van der Waals surface area contributed by atoms with Crippen LogP contribution in [0.5, 0.6) is 11.5 Å². The van der Waals surface area contributed by atoms with Crippen molar-refractivity contribution in [1.29, 1.82) is 0 Å². The minimum absolute atomic E-state index is 0.0499. The molecule has 204 valence electrons. The van der Waals surface area contributed by atoms with Crippen LogP contribution in [0.25, 0.3) is 0 Å². The maximum absolute atomic E-state index is 14.7. The number of benzene rings is 2. The van der Waals surface area contributed by atoms with Gasteiger partial charge in [0.15, 0.2) is 5.82 Å². The highest BCUT2D eigenvalue weighted by molar-refractivity contribution is 9.11. The summed E-state index contributed by atoms with van der Waals surface area (Å²) in [6.45, 7) is 1.42. The van der Waals surface area contributed by atoms with Gasteiger partial charge in [0.05, 0.1) is 22.6 Å². The van der Waals surface area contributed by atoms with Gasteiger partial charge >= 0.3 is 0 Å². The van der Waals surface area contributed by atoms with Crippen molar-refractivity contribution in [3.8, 4) is 11.5 Å². The van der Waals surface area contributed by atoms with Gasteiger partial charge in [-0.1, -0.05) is 12.1 Å². The van der Waals surface area contributed by atoms with Gasteiger partial charge in [0, 0.05) is 25.7 Å². The largest absolute Gasteiger partial charge is 0.497 e. The highest BCUT2D eigenvalue weighted by atomic mass is 79.9. The van der Waals surface area contributed by atoms with Crippen molar-refractivity contribution in [2.45, 2.75) is 24.5 Å². The molecule has 1 fully saturated rings. The lowest BCUT2D eigenvalue weighted by molar-refractivity contribution is 0.245. The summed E-state index contributed by atoms with van der Waals surface area (Å²) >= 11 is 5.75. The van der Waals surface area contributed by atoms with Gasteiger partial charge in [0.1, 0.15) is 35.1 Å². The second kappa shape index (κ2) is 12.2. The van der Waals surface area contributed by atoms with Crippen LogP contribution in [0.1, 0.15) is 17.7 Å². The van der Waals surface area contributed by atoms with E-state index in [1.165, 1.54) is 12.3 Å². The summed E-state index contributed by atoms with van der Waals surface area (Å²) < 4.78 is 72.0. The van der Waals surface area contributed by atoms with Gasteiger partial charge in [-0.2, -0.15) is 4.31 Å². The predicted octanol–water partition coefficient (Wildman–Crippen LogP) is 4.93. The maximum atomic E-state index is 14.7. The number of ether oxygens (including phenoxy) is 2. The Hall–Kier alpha value is -2.32. The molecule has 2 heterocycles. The molecule has 8 nitrogen and oxygen atoms in total. The first-order valence-corrected chi connectivity index (χ1v) is 14.6. The van der Waals surface area contributed by atoms with E-state index in [0.717, 1.165) is 15.9 Å². The monoisotopic (exact) mass is 676 g/mol. The van der Waals surface area contributed by atoms with E-state index in [-0.39, 0.29) is 41.9 Å².